The molecule has 1 N–H and O–H groups in total. The van der Waals surface area contributed by atoms with Crippen molar-refractivity contribution in [3.63, 3.8) is 0 Å². The Morgan fingerprint density at radius 1 is 1.33 bits per heavy atom. The predicted octanol–water partition coefficient (Wildman–Crippen LogP) is 2.04. The Morgan fingerprint density at radius 2 is 2.17 bits per heavy atom. The van der Waals surface area contributed by atoms with Gasteiger partial charge in [-0.2, -0.15) is 0 Å². The Bertz CT molecular complexity index is 381. The molecule has 1 atom stereocenters. The molecule has 18 heavy (non-hydrogen) atoms. The number of anilines is 1. The Morgan fingerprint density at radius 3 is 2.94 bits per heavy atom. The topological polar surface area (TPSA) is 33.1 Å². The molecule has 1 saturated heterocycles. The van der Waals surface area contributed by atoms with Gasteiger partial charge in [0.25, 0.3) is 0 Å². The monoisotopic (exact) mass is 248 g/mol. The maximum atomic E-state index is 4.61. The number of hydrogen-bond donors (Lipinski definition) is 1. The molecule has 2 heterocycles. The van der Waals surface area contributed by atoms with Crippen LogP contribution in [0.4, 0.5) is 5.95 Å². The molecular weight excluding hydrogens is 224 g/mol. The zero-order valence-electron chi connectivity index (χ0n) is 11.3. The summed E-state index contributed by atoms with van der Waals surface area (Å²) in [7, 11) is 2.04. The number of nitrogens with zero attached hydrogens (tertiary/aromatic N) is 3. The highest BCUT2D eigenvalue weighted by Gasteiger charge is 2.27. The van der Waals surface area contributed by atoms with Gasteiger partial charge in [-0.1, -0.05) is 12.8 Å². The minimum absolute atomic E-state index is 0.700. The van der Waals surface area contributed by atoms with Gasteiger partial charge in [-0.15, -0.1) is 0 Å². The van der Waals surface area contributed by atoms with Crippen LogP contribution < -0.4 is 10.2 Å². The lowest BCUT2D eigenvalue weighted by atomic mass is 10.1. The van der Waals surface area contributed by atoms with E-state index >= 15 is 0 Å². The van der Waals surface area contributed by atoms with E-state index < -0.39 is 0 Å². The first-order chi connectivity index (χ1) is 8.88. The lowest BCUT2D eigenvalue weighted by Crippen LogP contribution is -2.27. The van der Waals surface area contributed by atoms with Gasteiger partial charge in [0.15, 0.2) is 0 Å². The van der Waals surface area contributed by atoms with E-state index in [2.05, 4.69) is 26.0 Å². The van der Waals surface area contributed by atoms with Gasteiger partial charge in [0.1, 0.15) is 0 Å². The molecule has 1 saturated carbocycles. The molecule has 1 aromatic rings. The highest BCUT2D eigenvalue weighted by Crippen LogP contribution is 2.33. The summed E-state index contributed by atoms with van der Waals surface area (Å²) in [5.74, 6) is 1.99. The largest absolute Gasteiger partial charge is 0.342 e. The van der Waals surface area contributed by atoms with E-state index in [9.17, 15) is 0 Å². The average molecular weight is 248 g/mol. The summed E-state index contributed by atoms with van der Waals surface area (Å²) in [5.41, 5.74) is 0. The highest BCUT2D eigenvalue weighted by molar-refractivity contribution is 5.34. The Labute approximate surface area is 109 Å². The molecule has 0 bridgehead atoms. The summed E-state index contributed by atoms with van der Waals surface area (Å²) < 4.78 is 2.43. The van der Waals surface area contributed by atoms with Crippen molar-refractivity contribution in [3.8, 4) is 0 Å². The third-order valence-corrected chi connectivity index (χ3v) is 4.43. The van der Waals surface area contributed by atoms with Gasteiger partial charge in [-0.25, -0.2) is 4.98 Å². The van der Waals surface area contributed by atoms with Crippen molar-refractivity contribution in [3.05, 3.63) is 12.4 Å². The molecule has 2 fully saturated rings. The molecule has 4 heteroatoms. The standard InChI is InChI=1S/C14H24N4/c1-15-10-12-6-8-17(11-12)14-16-7-9-18(14)13-4-2-3-5-13/h7,9,12-13,15H,2-6,8,10-11H2,1H3. The fourth-order valence-electron chi connectivity index (χ4n) is 3.49. The molecule has 1 aromatic heterocycles. The molecule has 4 nitrogen and oxygen atoms in total. The fraction of sp³-hybridized carbons (Fsp3) is 0.786. The normalized spacial score (nSPS) is 25.2. The third-order valence-electron chi connectivity index (χ3n) is 4.43. The quantitative estimate of drug-likeness (QED) is 0.885. The fourth-order valence-corrected chi connectivity index (χ4v) is 3.49. The maximum Gasteiger partial charge on any atom is 0.205 e. The van der Waals surface area contributed by atoms with Gasteiger partial charge in [0, 0.05) is 31.5 Å². The first-order valence-electron chi connectivity index (χ1n) is 7.31. The predicted molar refractivity (Wildman–Crippen MR) is 74.0 cm³/mol. The van der Waals surface area contributed by atoms with E-state index in [-0.39, 0.29) is 0 Å². The van der Waals surface area contributed by atoms with Crippen molar-refractivity contribution in [1.29, 1.82) is 0 Å². The Balaban J connectivity index is 1.71. The lowest BCUT2D eigenvalue weighted by Gasteiger charge is -2.22. The summed E-state index contributed by atoms with van der Waals surface area (Å²) in [6.07, 6.45) is 10.9. The molecular formula is C14H24N4. The molecule has 0 spiro atoms. The lowest BCUT2D eigenvalue weighted by molar-refractivity contribution is 0.512. The number of aromatic nitrogens is 2. The second kappa shape index (κ2) is 5.31. The molecule has 100 valence electrons. The second-order valence-electron chi connectivity index (χ2n) is 5.73. The smallest absolute Gasteiger partial charge is 0.205 e. The maximum absolute atomic E-state index is 4.61. The zero-order chi connectivity index (χ0) is 12.4. The van der Waals surface area contributed by atoms with E-state index in [1.807, 2.05) is 13.2 Å². The van der Waals surface area contributed by atoms with Crippen LogP contribution >= 0.6 is 0 Å². The first-order valence-corrected chi connectivity index (χ1v) is 7.31. The molecule has 1 aliphatic carbocycles. The van der Waals surface area contributed by atoms with Crippen LogP contribution in [0.2, 0.25) is 0 Å². The van der Waals surface area contributed by atoms with Crippen LogP contribution in [0.3, 0.4) is 0 Å². The van der Waals surface area contributed by atoms with Crippen molar-refractivity contribution in [2.45, 2.75) is 38.1 Å². The third kappa shape index (κ3) is 2.26. The summed E-state index contributed by atoms with van der Waals surface area (Å²) in [6, 6.07) is 0.700. The molecule has 0 radical (unpaired) electrons. The van der Waals surface area contributed by atoms with Gasteiger partial charge in [-0.3, -0.25) is 0 Å². The van der Waals surface area contributed by atoms with E-state index in [0.717, 1.165) is 25.6 Å². The van der Waals surface area contributed by atoms with Crippen molar-refractivity contribution in [2.75, 3.05) is 31.6 Å². The molecule has 1 aliphatic heterocycles. The van der Waals surface area contributed by atoms with Gasteiger partial charge in [0.2, 0.25) is 5.95 Å². The van der Waals surface area contributed by atoms with Crippen molar-refractivity contribution < 1.29 is 0 Å². The average Bonchev–Trinajstić information content (AvgIpc) is 3.10. The number of nitrogens with one attached hydrogen (secondary N) is 1. The summed E-state index contributed by atoms with van der Waals surface area (Å²) in [6.45, 7) is 3.45. The number of rotatable bonds is 4. The van der Waals surface area contributed by atoms with Gasteiger partial charge >= 0.3 is 0 Å². The van der Waals surface area contributed by atoms with Crippen LogP contribution in [-0.4, -0.2) is 36.2 Å². The molecule has 0 aromatic carbocycles. The first kappa shape index (κ1) is 12.0. The van der Waals surface area contributed by atoms with Crippen LogP contribution in [0.5, 0.6) is 0 Å². The van der Waals surface area contributed by atoms with Crippen LogP contribution in [0, 0.1) is 5.92 Å². The van der Waals surface area contributed by atoms with E-state index in [4.69, 9.17) is 0 Å². The van der Waals surface area contributed by atoms with Gasteiger partial charge in [-0.05, 0) is 38.8 Å². The van der Waals surface area contributed by atoms with Gasteiger partial charge < -0.3 is 14.8 Å². The van der Waals surface area contributed by atoms with Gasteiger partial charge in [0.05, 0.1) is 0 Å². The minimum atomic E-state index is 0.700. The Kier molecular flexibility index (Phi) is 3.55. The molecule has 0 amide bonds. The number of imidazole rings is 1. The van der Waals surface area contributed by atoms with Crippen molar-refractivity contribution >= 4 is 5.95 Å². The SMILES string of the molecule is CNCC1CCN(c2nccn2C2CCCC2)C1. The highest BCUT2D eigenvalue weighted by atomic mass is 15.3. The van der Waals surface area contributed by atoms with Crippen LogP contribution in [-0.2, 0) is 0 Å². The van der Waals surface area contributed by atoms with Crippen LogP contribution in [0.1, 0.15) is 38.1 Å². The number of hydrogen-bond acceptors (Lipinski definition) is 3. The van der Waals surface area contributed by atoms with E-state index in [1.54, 1.807) is 0 Å². The van der Waals surface area contributed by atoms with Crippen molar-refractivity contribution in [1.82, 2.24) is 14.9 Å². The second-order valence-corrected chi connectivity index (χ2v) is 5.73. The van der Waals surface area contributed by atoms with Crippen molar-refractivity contribution in [2.24, 2.45) is 5.92 Å². The van der Waals surface area contributed by atoms with E-state index in [0.29, 0.717) is 6.04 Å². The molecule has 2 aliphatic rings. The van der Waals surface area contributed by atoms with E-state index in [1.165, 1.54) is 38.1 Å². The van der Waals surface area contributed by atoms with Crippen LogP contribution in [0.15, 0.2) is 12.4 Å². The van der Waals surface area contributed by atoms with Crippen LogP contribution in [0.25, 0.3) is 0 Å². The zero-order valence-corrected chi connectivity index (χ0v) is 11.3. The summed E-state index contributed by atoms with van der Waals surface area (Å²) in [4.78, 5) is 7.08. The summed E-state index contributed by atoms with van der Waals surface area (Å²) >= 11 is 0. The molecule has 3 rings (SSSR count). The molecule has 1 unspecified atom stereocenters. The minimum Gasteiger partial charge on any atom is -0.342 e. The summed E-state index contributed by atoms with van der Waals surface area (Å²) in [5, 5.41) is 3.29. The Hall–Kier alpha value is -1.03.